The van der Waals surface area contributed by atoms with Crippen LogP contribution in [0.25, 0.3) is 0 Å². The lowest BCUT2D eigenvalue weighted by Crippen LogP contribution is -2.50. The van der Waals surface area contributed by atoms with E-state index < -0.39 is 23.4 Å². The van der Waals surface area contributed by atoms with Crippen LogP contribution in [0.4, 0.5) is 4.79 Å². The van der Waals surface area contributed by atoms with Crippen LogP contribution in [0.3, 0.4) is 0 Å². The van der Waals surface area contributed by atoms with Crippen LogP contribution in [0.15, 0.2) is 48.5 Å². The summed E-state index contributed by atoms with van der Waals surface area (Å²) < 4.78 is 0. The number of hydrogen-bond acceptors (Lipinski definition) is 4. The first-order valence-corrected chi connectivity index (χ1v) is 9.47. The Morgan fingerprint density at radius 1 is 1.14 bits per heavy atom. The van der Waals surface area contributed by atoms with Gasteiger partial charge in [-0.1, -0.05) is 54.1 Å². The van der Waals surface area contributed by atoms with Crippen LogP contribution in [0, 0.1) is 13.8 Å². The fourth-order valence-electron chi connectivity index (χ4n) is 3.48. The van der Waals surface area contributed by atoms with Gasteiger partial charge in [0.05, 0.1) is 6.54 Å². The summed E-state index contributed by atoms with van der Waals surface area (Å²) in [5.74, 6) is -0.947. The normalized spacial score (nSPS) is 18.9. The number of aryl methyl sites for hydroxylation is 2. The first-order valence-electron chi connectivity index (χ1n) is 9.47. The Morgan fingerprint density at radius 3 is 2.48 bits per heavy atom. The lowest BCUT2D eigenvalue weighted by Gasteiger charge is -2.23. The third-order valence-corrected chi connectivity index (χ3v) is 5.13. The van der Waals surface area contributed by atoms with E-state index in [1.54, 1.807) is 31.2 Å². The van der Waals surface area contributed by atoms with Crippen molar-refractivity contribution in [1.82, 2.24) is 20.7 Å². The van der Waals surface area contributed by atoms with Crippen molar-refractivity contribution in [2.24, 2.45) is 0 Å². The highest BCUT2D eigenvalue weighted by molar-refractivity contribution is 6.08. The van der Waals surface area contributed by atoms with Gasteiger partial charge in [0.1, 0.15) is 5.54 Å². The largest absolute Gasteiger partial charge is 0.344 e. The Hall–Kier alpha value is -3.19. The maximum atomic E-state index is 12.8. The van der Waals surface area contributed by atoms with Crippen LogP contribution in [0.2, 0.25) is 0 Å². The molecule has 1 fully saturated rings. The fraction of sp³-hybridized carbons (Fsp3) is 0.318. The smallest absolute Gasteiger partial charge is 0.318 e. The second-order valence-electron chi connectivity index (χ2n) is 7.70. The van der Waals surface area contributed by atoms with E-state index in [4.69, 9.17) is 0 Å². The van der Waals surface area contributed by atoms with Gasteiger partial charge in [0.25, 0.3) is 11.8 Å². The van der Waals surface area contributed by atoms with Gasteiger partial charge in [-0.25, -0.2) is 4.79 Å². The zero-order valence-corrected chi connectivity index (χ0v) is 17.2. The van der Waals surface area contributed by atoms with Crippen LogP contribution >= 0.6 is 0 Å². The van der Waals surface area contributed by atoms with E-state index in [0.29, 0.717) is 12.1 Å². The molecule has 29 heavy (non-hydrogen) atoms. The second-order valence-corrected chi connectivity index (χ2v) is 7.70. The van der Waals surface area contributed by atoms with Crippen molar-refractivity contribution in [2.75, 3.05) is 13.6 Å². The van der Waals surface area contributed by atoms with Gasteiger partial charge < -0.3 is 5.32 Å². The molecule has 0 radical (unpaired) electrons. The molecule has 0 aliphatic carbocycles. The number of nitrogens with one attached hydrogen (secondary N) is 2. The highest BCUT2D eigenvalue weighted by atomic mass is 16.2. The fourth-order valence-corrected chi connectivity index (χ4v) is 3.48. The van der Waals surface area contributed by atoms with Crippen LogP contribution in [0.5, 0.6) is 0 Å². The Labute approximate surface area is 170 Å². The number of likely N-dealkylation sites (N-methyl/N-ethyl adjacent to an activating group) is 1. The predicted octanol–water partition coefficient (Wildman–Crippen LogP) is 2.23. The first-order chi connectivity index (χ1) is 13.7. The van der Waals surface area contributed by atoms with Crippen molar-refractivity contribution < 1.29 is 14.4 Å². The molecule has 152 valence electrons. The van der Waals surface area contributed by atoms with Gasteiger partial charge in [-0.3, -0.25) is 19.9 Å². The number of amides is 4. The molecule has 1 atom stereocenters. The van der Waals surface area contributed by atoms with Gasteiger partial charge in [-0.15, -0.1) is 0 Å². The topological polar surface area (TPSA) is 81.8 Å². The molecule has 0 saturated carbocycles. The Kier molecular flexibility index (Phi) is 5.70. The molecule has 0 unspecified atom stereocenters. The van der Waals surface area contributed by atoms with Crippen LogP contribution in [-0.2, 0) is 21.7 Å². The maximum Gasteiger partial charge on any atom is 0.344 e. The standard InChI is InChI=1S/C22H26N4O3/c1-15-10-11-17(16(2)12-15)13-25(4)14-19(27)24-26-20(28)22(3,23-21(26)29)18-8-6-5-7-9-18/h5-12H,13-14H2,1-4H3,(H,23,29)(H,24,27)/t22-/m1/s1. The summed E-state index contributed by atoms with van der Waals surface area (Å²) >= 11 is 0. The molecular weight excluding hydrogens is 368 g/mol. The summed E-state index contributed by atoms with van der Waals surface area (Å²) in [7, 11) is 1.82. The number of nitrogens with zero attached hydrogens (tertiary/aromatic N) is 2. The molecule has 0 aromatic heterocycles. The minimum Gasteiger partial charge on any atom is -0.318 e. The summed E-state index contributed by atoms with van der Waals surface area (Å²) in [6, 6.07) is 14.5. The SMILES string of the molecule is Cc1ccc(CN(C)CC(=O)NN2C(=O)N[C@](C)(c3ccccc3)C2=O)c(C)c1. The van der Waals surface area contributed by atoms with E-state index in [1.807, 2.05) is 44.0 Å². The van der Waals surface area contributed by atoms with Gasteiger partial charge >= 0.3 is 6.03 Å². The molecule has 2 N–H and O–H groups in total. The number of hydrazine groups is 1. The lowest BCUT2D eigenvalue weighted by atomic mass is 9.92. The average molecular weight is 394 g/mol. The number of rotatable bonds is 6. The molecule has 4 amide bonds. The van der Waals surface area contributed by atoms with Crippen LogP contribution in [0.1, 0.15) is 29.2 Å². The Morgan fingerprint density at radius 2 is 1.83 bits per heavy atom. The molecule has 2 aromatic carbocycles. The zero-order valence-electron chi connectivity index (χ0n) is 17.2. The zero-order chi connectivity index (χ0) is 21.2. The molecule has 1 saturated heterocycles. The van der Waals surface area contributed by atoms with Crippen molar-refractivity contribution >= 4 is 17.8 Å². The van der Waals surface area contributed by atoms with E-state index in [9.17, 15) is 14.4 Å². The van der Waals surface area contributed by atoms with Gasteiger partial charge in [0.15, 0.2) is 0 Å². The van der Waals surface area contributed by atoms with Crippen molar-refractivity contribution in [2.45, 2.75) is 32.9 Å². The van der Waals surface area contributed by atoms with E-state index in [0.717, 1.165) is 16.1 Å². The number of benzene rings is 2. The van der Waals surface area contributed by atoms with Crippen LogP contribution < -0.4 is 10.7 Å². The minimum absolute atomic E-state index is 0.0480. The summed E-state index contributed by atoms with van der Waals surface area (Å²) in [6.45, 7) is 6.33. The van der Waals surface area contributed by atoms with Gasteiger partial charge in [0.2, 0.25) is 0 Å². The third kappa shape index (κ3) is 4.30. The van der Waals surface area contributed by atoms with E-state index >= 15 is 0 Å². The van der Waals surface area contributed by atoms with Crippen molar-refractivity contribution in [3.8, 4) is 0 Å². The number of hydrogen-bond donors (Lipinski definition) is 2. The van der Waals surface area contributed by atoms with Gasteiger partial charge in [-0.2, -0.15) is 5.01 Å². The van der Waals surface area contributed by atoms with Gasteiger partial charge in [-0.05, 0) is 44.5 Å². The number of carbonyl (C=O) groups excluding carboxylic acids is 3. The molecule has 1 aliphatic rings. The monoisotopic (exact) mass is 394 g/mol. The molecule has 7 nitrogen and oxygen atoms in total. The Balaban J connectivity index is 1.63. The number of urea groups is 1. The second kappa shape index (κ2) is 8.05. The lowest BCUT2D eigenvalue weighted by molar-refractivity contribution is -0.139. The first kappa shape index (κ1) is 20.5. The van der Waals surface area contributed by atoms with Crippen molar-refractivity contribution in [1.29, 1.82) is 0 Å². The van der Waals surface area contributed by atoms with E-state index in [2.05, 4.69) is 16.8 Å². The van der Waals surface area contributed by atoms with Crippen molar-refractivity contribution in [3.63, 3.8) is 0 Å². The predicted molar refractivity (Wildman–Crippen MR) is 110 cm³/mol. The average Bonchev–Trinajstić information content (AvgIpc) is 2.89. The number of carbonyl (C=O) groups is 3. The summed E-state index contributed by atoms with van der Waals surface area (Å²) in [5.41, 5.74) is 5.34. The molecule has 0 spiro atoms. The highest BCUT2D eigenvalue weighted by Gasteiger charge is 2.49. The molecule has 7 heteroatoms. The van der Waals surface area contributed by atoms with E-state index in [1.165, 1.54) is 5.56 Å². The molecule has 2 aromatic rings. The highest BCUT2D eigenvalue weighted by Crippen LogP contribution is 2.27. The van der Waals surface area contributed by atoms with E-state index in [-0.39, 0.29) is 6.54 Å². The summed E-state index contributed by atoms with van der Waals surface area (Å²) in [4.78, 5) is 39.5. The molecular formula is C22H26N4O3. The maximum absolute atomic E-state index is 12.8. The Bertz CT molecular complexity index is 944. The van der Waals surface area contributed by atoms with Gasteiger partial charge in [0, 0.05) is 6.54 Å². The summed E-state index contributed by atoms with van der Waals surface area (Å²) in [6.07, 6.45) is 0. The molecule has 1 aliphatic heterocycles. The van der Waals surface area contributed by atoms with Crippen molar-refractivity contribution in [3.05, 3.63) is 70.8 Å². The molecule has 0 bridgehead atoms. The number of imide groups is 1. The molecule has 3 rings (SSSR count). The molecule has 1 heterocycles. The summed E-state index contributed by atoms with van der Waals surface area (Å²) in [5, 5.41) is 3.43. The minimum atomic E-state index is -1.21. The third-order valence-electron chi connectivity index (χ3n) is 5.13. The quantitative estimate of drug-likeness (QED) is 0.737. The van der Waals surface area contributed by atoms with Crippen LogP contribution in [-0.4, -0.2) is 41.3 Å².